The monoisotopic (exact) mass is 183 g/mol. The maximum absolute atomic E-state index is 8.45. The molecule has 0 unspecified atom stereocenters. The zero-order chi connectivity index (χ0) is 9.52. The van der Waals surface area contributed by atoms with Gasteiger partial charge in [0, 0.05) is 26.2 Å². The van der Waals surface area contributed by atoms with Gasteiger partial charge in [-0.15, -0.1) is 0 Å². The highest BCUT2D eigenvalue weighted by Crippen LogP contribution is 1.96. The van der Waals surface area contributed by atoms with Crippen molar-refractivity contribution in [1.82, 2.24) is 9.80 Å². The van der Waals surface area contributed by atoms with E-state index in [4.69, 9.17) is 10.00 Å². The van der Waals surface area contributed by atoms with Crippen LogP contribution in [0.25, 0.3) is 0 Å². The van der Waals surface area contributed by atoms with Crippen LogP contribution in [0.2, 0.25) is 0 Å². The van der Waals surface area contributed by atoms with Crippen LogP contribution in [0.3, 0.4) is 0 Å². The molecule has 1 saturated heterocycles. The summed E-state index contributed by atoms with van der Waals surface area (Å²) in [6.45, 7) is 6.28. The third kappa shape index (κ3) is 4.23. The summed E-state index contributed by atoms with van der Waals surface area (Å²) >= 11 is 0. The lowest BCUT2D eigenvalue weighted by Gasteiger charge is -2.27. The Morgan fingerprint density at radius 3 is 2.77 bits per heavy atom. The second-order valence-corrected chi connectivity index (χ2v) is 3.35. The fourth-order valence-corrected chi connectivity index (χ4v) is 1.34. The van der Waals surface area contributed by atoms with Gasteiger partial charge >= 0.3 is 0 Å². The molecule has 0 amide bonds. The van der Waals surface area contributed by atoms with E-state index in [0.717, 1.165) is 39.4 Å². The van der Waals surface area contributed by atoms with Crippen molar-refractivity contribution in [2.75, 3.05) is 53.0 Å². The van der Waals surface area contributed by atoms with Gasteiger partial charge in [0.1, 0.15) is 0 Å². The van der Waals surface area contributed by atoms with E-state index >= 15 is 0 Å². The van der Waals surface area contributed by atoms with Crippen LogP contribution in [-0.4, -0.2) is 62.8 Å². The molecule has 4 nitrogen and oxygen atoms in total. The first-order valence-electron chi connectivity index (χ1n) is 4.68. The summed E-state index contributed by atoms with van der Waals surface area (Å²) < 4.78 is 5.25. The highest BCUT2D eigenvalue weighted by molar-refractivity contribution is 4.75. The smallest absolute Gasteiger partial charge is 0.0863 e. The lowest BCUT2D eigenvalue weighted by molar-refractivity contribution is 0.0349. The SMILES string of the molecule is CN(CC#N)CCN1CCOCC1. The summed E-state index contributed by atoms with van der Waals surface area (Å²) in [5, 5.41) is 8.45. The molecular formula is C9H17N3O. The summed E-state index contributed by atoms with van der Waals surface area (Å²) in [5.41, 5.74) is 0. The maximum atomic E-state index is 8.45. The minimum absolute atomic E-state index is 0.518. The molecule has 1 heterocycles. The Morgan fingerprint density at radius 1 is 1.46 bits per heavy atom. The molecule has 0 saturated carbocycles. The van der Waals surface area contributed by atoms with Crippen molar-refractivity contribution in [2.45, 2.75) is 0 Å². The van der Waals surface area contributed by atoms with Gasteiger partial charge in [-0.05, 0) is 7.05 Å². The molecule has 0 aromatic rings. The zero-order valence-electron chi connectivity index (χ0n) is 8.20. The molecule has 1 rings (SSSR count). The standard InChI is InChI=1S/C9H17N3O/c1-11(3-2-10)4-5-12-6-8-13-9-7-12/h3-9H2,1H3. The van der Waals surface area contributed by atoms with E-state index in [0.29, 0.717) is 6.54 Å². The summed E-state index contributed by atoms with van der Waals surface area (Å²) in [6.07, 6.45) is 0. The number of hydrogen-bond donors (Lipinski definition) is 0. The molecule has 0 spiro atoms. The average molecular weight is 183 g/mol. The largest absolute Gasteiger partial charge is 0.379 e. The first-order valence-corrected chi connectivity index (χ1v) is 4.68. The van der Waals surface area contributed by atoms with E-state index in [2.05, 4.69) is 11.0 Å². The Labute approximate surface area is 79.7 Å². The second kappa shape index (κ2) is 5.92. The van der Waals surface area contributed by atoms with Crippen LogP contribution < -0.4 is 0 Å². The molecule has 0 aromatic heterocycles. The van der Waals surface area contributed by atoms with E-state index in [9.17, 15) is 0 Å². The average Bonchev–Trinajstić information content (AvgIpc) is 2.17. The van der Waals surface area contributed by atoms with Crippen molar-refractivity contribution >= 4 is 0 Å². The topological polar surface area (TPSA) is 39.5 Å². The first-order chi connectivity index (χ1) is 6.33. The molecule has 0 aliphatic carbocycles. The molecule has 0 aromatic carbocycles. The third-order valence-corrected chi connectivity index (χ3v) is 2.24. The first kappa shape index (κ1) is 10.5. The van der Waals surface area contributed by atoms with Crippen molar-refractivity contribution < 1.29 is 4.74 Å². The molecule has 0 radical (unpaired) electrons. The Kier molecular flexibility index (Phi) is 4.76. The van der Waals surface area contributed by atoms with Crippen LogP contribution >= 0.6 is 0 Å². The van der Waals surface area contributed by atoms with Crippen molar-refractivity contribution in [3.05, 3.63) is 0 Å². The Bertz CT molecular complexity index is 172. The van der Waals surface area contributed by atoms with Gasteiger partial charge in [-0.25, -0.2) is 0 Å². The number of hydrogen-bond acceptors (Lipinski definition) is 4. The Balaban J connectivity index is 2.07. The minimum Gasteiger partial charge on any atom is -0.379 e. The van der Waals surface area contributed by atoms with Crippen LogP contribution in [-0.2, 0) is 4.74 Å². The van der Waals surface area contributed by atoms with Crippen molar-refractivity contribution in [1.29, 1.82) is 5.26 Å². The van der Waals surface area contributed by atoms with Crippen LogP contribution in [0.15, 0.2) is 0 Å². The van der Waals surface area contributed by atoms with Crippen molar-refractivity contribution in [3.8, 4) is 6.07 Å². The molecule has 4 heteroatoms. The van der Waals surface area contributed by atoms with Crippen LogP contribution in [0, 0.1) is 11.3 Å². The summed E-state index contributed by atoms with van der Waals surface area (Å²) in [4.78, 5) is 4.41. The van der Waals surface area contributed by atoms with E-state index < -0.39 is 0 Å². The van der Waals surface area contributed by atoms with Gasteiger partial charge in [0.25, 0.3) is 0 Å². The highest BCUT2D eigenvalue weighted by Gasteiger charge is 2.10. The lowest BCUT2D eigenvalue weighted by atomic mass is 10.4. The minimum atomic E-state index is 0.518. The predicted molar refractivity (Wildman–Crippen MR) is 50.4 cm³/mol. The molecular weight excluding hydrogens is 166 g/mol. The van der Waals surface area contributed by atoms with Gasteiger partial charge in [-0.2, -0.15) is 5.26 Å². The third-order valence-electron chi connectivity index (χ3n) is 2.24. The van der Waals surface area contributed by atoms with Crippen molar-refractivity contribution in [2.24, 2.45) is 0 Å². The quantitative estimate of drug-likeness (QED) is 0.565. The number of rotatable bonds is 4. The van der Waals surface area contributed by atoms with Crippen LogP contribution in [0.1, 0.15) is 0 Å². The van der Waals surface area contributed by atoms with Crippen LogP contribution in [0.5, 0.6) is 0 Å². The molecule has 1 aliphatic heterocycles. The van der Waals surface area contributed by atoms with Gasteiger partial charge < -0.3 is 4.74 Å². The Morgan fingerprint density at radius 2 is 2.15 bits per heavy atom. The molecule has 1 aliphatic rings. The van der Waals surface area contributed by atoms with E-state index in [-0.39, 0.29) is 0 Å². The lowest BCUT2D eigenvalue weighted by Crippen LogP contribution is -2.40. The van der Waals surface area contributed by atoms with Gasteiger partial charge in [0.15, 0.2) is 0 Å². The molecule has 0 atom stereocenters. The molecule has 1 fully saturated rings. The fraction of sp³-hybridized carbons (Fsp3) is 0.889. The summed E-state index contributed by atoms with van der Waals surface area (Å²) in [7, 11) is 1.98. The number of likely N-dealkylation sites (N-methyl/N-ethyl adjacent to an activating group) is 1. The molecule has 0 bridgehead atoms. The Hall–Kier alpha value is -0.630. The van der Waals surface area contributed by atoms with Gasteiger partial charge in [-0.3, -0.25) is 9.80 Å². The predicted octanol–water partition coefficient (Wildman–Crippen LogP) is -0.226. The molecule has 74 valence electrons. The highest BCUT2D eigenvalue weighted by atomic mass is 16.5. The van der Waals surface area contributed by atoms with Gasteiger partial charge in [0.05, 0.1) is 25.8 Å². The van der Waals surface area contributed by atoms with E-state index in [1.54, 1.807) is 0 Å². The molecule has 0 N–H and O–H groups in total. The zero-order valence-corrected chi connectivity index (χ0v) is 8.20. The number of nitrogens with zero attached hydrogens (tertiary/aromatic N) is 3. The number of nitriles is 1. The fourth-order valence-electron chi connectivity index (χ4n) is 1.34. The number of morpholine rings is 1. The van der Waals surface area contributed by atoms with Gasteiger partial charge in [0.2, 0.25) is 0 Å². The summed E-state index contributed by atoms with van der Waals surface area (Å²) in [5.74, 6) is 0. The van der Waals surface area contributed by atoms with Crippen molar-refractivity contribution in [3.63, 3.8) is 0 Å². The number of ether oxygens (including phenoxy) is 1. The van der Waals surface area contributed by atoms with E-state index in [1.807, 2.05) is 11.9 Å². The van der Waals surface area contributed by atoms with Gasteiger partial charge in [-0.1, -0.05) is 0 Å². The van der Waals surface area contributed by atoms with Crippen LogP contribution in [0.4, 0.5) is 0 Å². The normalized spacial score (nSPS) is 18.8. The second-order valence-electron chi connectivity index (χ2n) is 3.35. The van der Waals surface area contributed by atoms with E-state index in [1.165, 1.54) is 0 Å². The maximum Gasteiger partial charge on any atom is 0.0863 e. The summed E-state index contributed by atoms with van der Waals surface area (Å²) in [6, 6.07) is 2.14. The molecule has 13 heavy (non-hydrogen) atoms.